The van der Waals surface area contributed by atoms with Gasteiger partial charge in [0.1, 0.15) is 0 Å². The fourth-order valence-corrected chi connectivity index (χ4v) is 2.81. The molecule has 2 heterocycles. The van der Waals surface area contributed by atoms with Crippen molar-refractivity contribution in [1.82, 2.24) is 9.97 Å². The average molecular weight is 394 g/mol. The smallest absolute Gasteiger partial charge is 0.168 e. The number of hydrogen-bond donors (Lipinski definition) is 0. The number of carbonyl (C=O) groups excluding carboxylic acids is 2. The van der Waals surface area contributed by atoms with Crippen LogP contribution in [0, 0.1) is 0 Å². The van der Waals surface area contributed by atoms with Crippen LogP contribution in [-0.2, 0) is 12.8 Å². The van der Waals surface area contributed by atoms with E-state index < -0.39 is 0 Å². The minimum atomic E-state index is 0.106. The third-order valence-electron chi connectivity index (χ3n) is 4.35. The van der Waals surface area contributed by atoms with E-state index >= 15 is 0 Å². The summed E-state index contributed by atoms with van der Waals surface area (Å²) in [5, 5.41) is 0. The van der Waals surface area contributed by atoms with Crippen molar-refractivity contribution >= 4 is 11.6 Å². The number of ketones is 2. The molecule has 0 unspecified atom stereocenters. The fourth-order valence-electron chi connectivity index (χ4n) is 2.81. The lowest BCUT2D eigenvalue weighted by Gasteiger charge is -2.00. The standard InChI is InChI=1S/2C13H11NO/c15-13(12-6-2-1-3-7-12)9-11-5-4-8-14-10-11;15-13(11-6-2-1-3-7-11)10-12-8-4-5-9-14-12/h1-8,10H,9H2;1-9H,10H2. The van der Waals surface area contributed by atoms with Crippen molar-refractivity contribution in [3.63, 3.8) is 0 Å². The fraction of sp³-hybridized carbons (Fsp3) is 0.0769. The Morgan fingerprint density at radius 2 is 1.20 bits per heavy atom. The highest BCUT2D eigenvalue weighted by Gasteiger charge is 2.06. The first-order valence-electron chi connectivity index (χ1n) is 9.67. The zero-order valence-electron chi connectivity index (χ0n) is 16.5. The van der Waals surface area contributed by atoms with E-state index in [0.29, 0.717) is 12.8 Å². The van der Waals surface area contributed by atoms with Crippen LogP contribution in [-0.4, -0.2) is 21.5 Å². The molecule has 0 saturated heterocycles. The van der Waals surface area contributed by atoms with Crippen molar-refractivity contribution in [1.29, 1.82) is 0 Å². The highest BCUT2D eigenvalue weighted by Crippen LogP contribution is 2.06. The van der Waals surface area contributed by atoms with Crippen molar-refractivity contribution in [3.8, 4) is 0 Å². The molecule has 4 nitrogen and oxygen atoms in total. The van der Waals surface area contributed by atoms with Gasteiger partial charge < -0.3 is 0 Å². The van der Waals surface area contributed by atoms with Gasteiger partial charge in [0.25, 0.3) is 0 Å². The molecule has 0 N–H and O–H groups in total. The third-order valence-corrected chi connectivity index (χ3v) is 4.35. The second-order valence-electron chi connectivity index (χ2n) is 6.61. The Morgan fingerprint density at radius 3 is 1.73 bits per heavy atom. The lowest BCUT2D eigenvalue weighted by molar-refractivity contribution is 0.0984. The van der Waals surface area contributed by atoms with Crippen LogP contribution in [0.15, 0.2) is 110 Å². The maximum Gasteiger partial charge on any atom is 0.168 e. The first kappa shape index (κ1) is 20.8. The van der Waals surface area contributed by atoms with Gasteiger partial charge in [-0.15, -0.1) is 0 Å². The van der Waals surface area contributed by atoms with Gasteiger partial charge in [-0.05, 0) is 23.8 Å². The van der Waals surface area contributed by atoms with Crippen LogP contribution in [0.1, 0.15) is 32.0 Å². The van der Waals surface area contributed by atoms with Crippen LogP contribution < -0.4 is 0 Å². The van der Waals surface area contributed by atoms with Crippen molar-refractivity contribution in [2.75, 3.05) is 0 Å². The minimum Gasteiger partial charge on any atom is -0.294 e. The predicted octanol–water partition coefficient (Wildman–Crippen LogP) is 5.01. The van der Waals surface area contributed by atoms with Gasteiger partial charge in [-0.1, -0.05) is 72.8 Å². The number of aromatic nitrogens is 2. The average Bonchev–Trinajstić information content (AvgIpc) is 2.82. The molecule has 0 aliphatic rings. The van der Waals surface area contributed by atoms with Gasteiger partial charge in [0.05, 0.1) is 6.42 Å². The van der Waals surface area contributed by atoms with Crippen LogP contribution in [0.5, 0.6) is 0 Å². The van der Waals surface area contributed by atoms with Crippen molar-refractivity contribution in [2.45, 2.75) is 12.8 Å². The molecule has 0 atom stereocenters. The summed E-state index contributed by atoms with van der Waals surface area (Å²) in [6.07, 6.45) is 5.91. The van der Waals surface area contributed by atoms with Gasteiger partial charge in [0.15, 0.2) is 11.6 Å². The number of Topliss-reactive ketones (excluding diaryl/α,β-unsaturated/α-hetero) is 2. The second-order valence-corrected chi connectivity index (χ2v) is 6.61. The molecular weight excluding hydrogens is 372 g/mol. The van der Waals surface area contributed by atoms with E-state index in [4.69, 9.17) is 0 Å². The zero-order chi connectivity index (χ0) is 21.0. The van der Waals surface area contributed by atoms with Crippen LogP contribution in [0.2, 0.25) is 0 Å². The van der Waals surface area contributed by atoms with E-state index in [0.717, 1.165) is 22.4 Å². The highest BCUT2D eigenvalue weighted by atomic mass is 16.1. The number of nitrogens with zero attached hydrogens (tertiary/aromatic N) is 2. The quantitative estimate of drug-likeness (QED) is 0.431. The summed E-state index contributed by atoms with van der Waals surface area (Å²) in [7, 11) is 0. The Labute approximate surface area is 176 Å². The van der Waals surface area contributed by atoms with E-state index in [1.165, 1.54) is 0 Å². The Morgan fingerprint density at radius 1 is 0.600 bits per heavy atom. The molecule has 0 aliphatic carbocycles. The van der Waals surface area contributed by atoms with Gasteiger partial charge in [0, 0.05) is 41.8 Å². The Bertz CT molecular complexity index is 962. The molecule has 4 aromatic rings. The maximum atomic E-state index is 11.8. The zero-order valence-corrected chi connectivity index (χ0v) is 16.5. The number of carbonyl (C=O) groups is 2. The van der Waals surface area contributed by atoms with Gasteiger partial charge in [-0.25, -0.2) is 0 Å². The van der Waals surface area contributed by atoms with Gasteiger partial charge in [0.2, 0.25) is 0 Å². The van der Waals surface area contributed by atoms with Crippen LogP contribution in [0.4, 0.5) is 0 Å². The van der Waals surface area contributed by atoms with Crippen molar-refractivity contribution < 1.29 is 9.59 Å². The molecule has 148 valence electrons. The number of hydrogen-bond acceptors (Lipinski definition) is 4. The lowest BCUT2D eigenvalue weighted by Crippen LogP contribution is -2.04. The molecule has 30 heavy (non-hydrogen) atoms. The summed E-state index contributed by atoms with van der Waals surface area (Å²) in [5.74, 6) is 0.234. The third kappa shape index (κ3) is 6.60. The number of benzene rings is 2. The molecule has 2 aromatic carbocycles. The summed E-state index contributed by atoms with van der Waals surface area (Å²) in [4.78, 5) is 31.7. The molecule has 2 aromatic heterocycles. The van der Waals surface area contributed by atoms with Crippen LogP contribution in [0.3, 0.4) is 0 Å². The molecule has 4 rings (SSSR count). The Balaban J connectivity index is 0.000000171. The molecule has 0 bridgehead atoms. The van der Waals surface area contributed by atoms with Gasteiger partial charge in [-0.2, -0.15) is 0 Å². The van der Waals surface area contributed by atoms with E-state index in [2.05, 4.69) is 9.97 Å². The maximum absolute atomic E-state index is 11.8. The summed E-state index contributed by atoms with van der Waals surface area (Å²) < 4.78 is 0. The predicted molar refractivity (Wildman–Crippen MR) is 117 cm³/mol. The minimum absolute atomic E-state index is 0.106. The van der Waals surface area contributed by atoms with Crippen LogP contribution in [0.25, 0.3) is 0 Å². The Hall–Kier alpha value is -3.92. The highest BCUT2D eigenvalue weighted by molar-refractivity contribution is 5.97. The van der Waals surface area contributed by atoms with Crippen molar-refractivity contribution in [2.24, 2.45) is 0 Å². The van der Waals surface area contributed by atoms with Gasteiger partial charge >= 0.3 is 0 Å². The number of rotatable bonds is 6. The van der Waals surface area contributed by atoms with Crippen LogP contribution >= 0.6 is 0 Å². The normalized spacial score (nSPS) is 9.87. The van der Waals surface area contributed by atoms with E-state index in [9.17, 15) is 9.59 Å². The molecule has 4 heteroatoms. The first-order chi connectivity index (χ1) is 14.7. The molecule has 0 saturated carbocycles. The molecular formula is C26H22N2O2. The topological polar surface area (TPSA) is 59.9 Å². The lowest BCUT2D eigenvalue weighted by atomic mass is 10.0. The van der Waals surface area contributed by atoms with E-state index in [-0.39, 0.29) is 11.6 Å². The summed E-state index contributed by atoms with van der Waals surface area (Å²) in [5.41, 5.74) is 3.25. The molecule has 0 radical (unpaired) electrons. The summed E-state index contributed by atoms with van der Waals surface area (Å²) >= 11 is 0. The van der Waals surface area contributed by atoms with Gasteiger partial charge in [-0.3, -0.25) is 19.6 Å². The number of pyridine rings is 2. The SMILES string of the molecule is O=C(Cc1ccccn1)c1ccccc1.O=C(Cc1cccnc1)c1ccccc1. The monoisotopic (exact) mass is 394 g/mol. The van der Waals surface area contributed by atoms with E-state index in [1.54, 1.807) is 18.6 Å². The second kappa shape index (κ2) is 11.2. The Kier molecular flexibility index (Phi) is 7.75. The van der Waals surface area contributed by atoms with E-state index in [1.807, 2.05) is 91.0 Å². The molecule has 0 fully saturated rings. The summed E-state index contributed by atoms with van der Waals surface area (Å²) in [6.45, 7) is 0. The largest absolute Gasteiger partial charge is 0.294 e. The molecule has 0 amide bonds. The summed E-state index contributed by atoms with van der Waals surface area (Å²) in [6, 6.07) is 27.9. The van der Waals surface area contributed by atoms with Crippen molar-refractivity contribution in [3.05, 3.63) is 132 Å². The molecule has 0 aliphatic heterocycles. The molecule has 0 spiro atoms. The first-order valence-corrected chi connectivity index (χ1v) is 9.67.